The fraction of sp³-hybridized carbons (Fsp3) is 0.529. The van der Waals surface area contributed by atoms with Gasteiger partial charge in [0.05, 0.1) is 25.7 Å². The molecular formula is C17H24N2O4. The third kappa shape index (κ3) is 3.64. The van der Waals surface area contributed by atoms with Crippen molar-refractivity contribution in [3.05, 3.63) is 29.8 Å². The second-order valence-corrected chi connectivity index (χ2v) is 5.53. The molecule has 6 nitrogen and oxygen atoms in total. The van der Waals surface area contributed by atoms with Crippen LogP contribution in [0.25, 0.3) is 0 Å². The van der Waals surface area contributed by atoms with Gasteiger partial charge in [-0.15, -0.1) is 0 Å². The largest absolute Gasteiger partial charge is 0.496 e. The molecule has 1 aromatic carbocycles. The lowest BCUT2D eigenvalue weighted by Gasteiger charge is -2.40. The summed E-state index contributed by atoms with van der Waals surface area (Å²) >= 11 is 0. The molecule has 6 heteroatoms. The van der Waals surface area contributed by atoms with Crippen LogP contribution in [0, 0.1) is 5.92 Å². The van der Waals surface area contributed by atoms with Crippen LogP contribution in [0.1, 0.15) is 31.4 Å². The van der Waals surface area contributed by atoms with Gasteiger partial charge < -0.3 is 20.1 Å². The first kappa shape index (κ1) is 17.3. The van der Waals surface area contributed by atoms with E-state index in [0.29, 0.717) is 25.1 Å². The number of methoxy groups -OCH3 is 1. The van der Waals surface area contributed by atoms with Gasteiger partial charge in [0.2, 0.25) is 11.8 Å². The van der Waals surface area contributed by atoms with Crippen LogP contribution in [0.15, 0.2) is 24.3 Å². The predicted molar refractivity (Wildman–Crippen MR) is 85.9 cm³/mol. The first-order valence-corrected chi connectivity index (χ1v) is 7.95. The average molecular weight is 320 g/mol. The lowest BCUT2D eigenvalue weighted by atomic mass is 9.83. The predicted octanol–water partition coefficient (Wildman–Crippen LogP) is 1.10. The molecule has 0 bridgehead atoms. The van der Waals surface area contributed by atoms with Crippen molar-refractivity contribution < 1.29 is 19.4 Å². The number of likely N-dealkylation sites (tertiary alicyclic amines) is 1. The van der Waals surface area contributed by atoms with Crippen LogP contribution < -0.4 is 10.1 Å². The second-order valence-electron chi connectivity index (χ2n) is 5.53. The Kier molecular flexibility index (Phi) is 5.98. The van der Waals surface area contributed by atoms with Crippen molar-refractivity contribution in [1.29, 1.82) is 0 Å². The molecule has 0 radical (unpaired) electrons. The van der Waals surface area contributed by atoms with Crippen molar-refractivity contribution in [2.24, 2.45) is 5.92 Å². The molecule has 1 saturated heterocycles. The van der Waals surface area contributed by atoms with Gasteiger partial charge in [0.1, 0.15) is 5.75 Å². The van der Waals surface area contributed by atoms with Gasteiger partial charge in [0.15, 0.2) is 0 Å². The Labute approximate surface area is 136 Å². The first-order chi connectivity index (χ1) is 11.1. The summed E-state index contributed by atoms with van der Waals surface area (Å²) in [4.78, 5) is 26.6. The van der Waals surface area contributed by atoms with Crippen molar-refractivity contribution in [2.45, 2.75) is 25.8 Å². The Hall–Kier alpha value is -2.08. The lowest BCUT2D eigenvalue weighted by Crippen LogP contribution is -2.48. The summed E-state index contributed by atoms with van der Waals surface area (Å²) in [6, 6.07) is 7.13. The standard InChI is InChI=1S/C17H24N2O4/c1-3-19-15(21)9-8-13(17(22)18-10-11-20)16(19)12-6-4-5-7-14(12)23-2/h4-7,13,16,20H,3,8-11H2,1-2H3,(H,18,22)/t13-,16+/m1/s1. The number of carbonyl (C=O) groups is 2. The number of amides is 2. The van der Waals surface area contributed by atoms with Crippen LogP contribution in [0.4, 0.5) is 0 Å². The fourth-order valence-electron chi connectivity index (χ4n) is 3.21. The smallest absolute Gasteiger partial charge is 0.225 e. The SMILES string of the molecule is CCN1C(=O)CC[C@@H](C(=O)NCCO)[C@@H]1c1ccccc1OC. The topological polar surface area (TPSA) is 78.9 Å². The normalized spacial score (nSPS) is 21.2. The number of rotatable bonds is 6. The number of ether oxygens (including phenoxy) is 1. The third-order valence-corrected chi connectivity index (χ3v) is 4.25. The quantitative estimate of drug-likeness (QED) is 0.823. The molecule has 2 N–H and O–H groups in total. The maximum Gasteiger partial charge on any atom is 0.225 e. The van der Waals surface area contributed by atoms with Gasteiger partial charge >= 0.3 is 0 Å². The van der Waals surface area contributed by atoms with E-state index in [1.165, 1.54) is 0 Å². The molecule has 23 heavy (non-hydrogen) atoms. The number of benzene rings is 1. The van der Waals surface area contributed by atoms with E-state index >= 15 is 0 Å². The van der Waals surface area contributed by atoms with Crippen LogP contribution in [0.3, 0.4) is 0 Å². The summed E-state index contributed by atoms with van der Waals surface area (Å²) in [5.74, 6) is 0.233. The molecule has 0 unspecified atom stereocenters. The van der Waals surface area contributed by atoms with E-state index in [4.69, 9.17) is 9.84 Å². The Morgan fingerprint density at radius 2 is 2.17 bits per heavy atom. The highest BCUT2D eigenvalue weighted by Crippen LogP contribution is 2.40. The number of para-hydroxylation sites is 1. The molecule has 0 aliphatic carbocycles. The van der Waals surface area contributed by atoms with Gasteiger partial charge in [-0.3, -0.25) is 9.59 Å². The third-order valence-electron chi connectivity index (χ3n) is 4.25. The minimum Gasteiger partial charge on any atom is -0.496 e. The van der Waals surface area contributed by atoms with Gasteiger partial charge in [-0.2, -0.15) is 0 Å². The average Bonchev–Trinajstić information content (AvgIpc) is 2.59. The van der Waals surface area contributed by atoms with E-state index in [0.717, 1.165) is 5.56 Å². The van der Waals surface area contributed by atoms with E-state index in [2.05, 4.69) is 5.32 Å². The second kappa shape index (κ2) is 7.97. The molecule has 1 fully saturated rings. The van der Waals surface area contributed by atoms with Crippen LogP contribution in [0.5, 0.6) is 5.75 Å². The van der Waals surface area contributed by atoms with Crippen molar-refractivity contribution in [3.63, 3.8) is 0 Å². The zero-order chi connectivity index (χ0) is 16.8. The first-order valence-electron chi connectivity index (χ1n) is 7.95. The van der Waals surface area contributed by atoms with E-state index in [-0.39, 0.29) is 36.9 Å². The zero-order valence-corrected chi connectivity index (χ0v) is 13.6. The molecule has 1 aromatic rings. The Morgan fingerprint density at radius 1 is 1.43 bits per heavy atom. The van der Waals surface area contributed by atoms with Crippen LogP contribution in [-0.4, -0.2) is 48.6 Å². The zero-order valence-electron chi connectivity index (χ0n) is 13.6. The number of aliphatic hydroxyl groups excluding tert-OH is 1. The number of nitrogens with zero attached hydrogens (tertiary/aromatic N) is 1. The van der Waals surface area contributed by atoms with Crippen LogP contribution >= 0.6 is 0 Å². The maximum atomic E-state index is 12.5. The fourth-order valence-corrected chi connectivity index (χ4v) is 3.21. The number of hydrogen-bond donors (Lipinski definition) is 2. The molecule has 1 heterocycles. The summed E-state index contributed by atoms with van der Waals surface area (Å²) in [5.41, 5.74) is 0.842. The molecule has 0 spiro atoms. The van der Waals surface area contributed by atoms with Gasteiger partial charge in [-0.05, 0) is 19.4 Å². The summed E-state index contributed by atoms with van der Waals surface area (Å²) in [7, 11) is 1.58. The summed E-state index contributed by atoms with van der Waals surface area (Å²) in [6.07, 6.45) is 0.853. The molecule has 2 rings (SSSR count). The van der Waals surface area contributed by atoms with Crippen LogP contribution in [0.2, 0.25) is 0 Å². The number of nitrogens with one attached hydrogen (secondary N) is 1. The molecule has 1 aliphatic rings. The van der Waals surface area contributed by atoms with Crippen molar-refractivity contribution in [3.8, 4) is 5.75 Å². The Bertz CT molecular complexity index is 561. The van der Waals surface area contributed by atoms with Crippen molar-refractivity contribution in [1.82, 2.24) is 10.2 Å². The number of hydrogen-bond acceptors (Lipinski definition) is 4. The minimum absolute atomic E-state index is 0.0506. The summed E-state index contributed by atoms with van der Waals surface area (Å²) in [5, 5.41) is 11.7. The number of aliphatic hydroxyl groups is 1. The molecular weight excluding hydrogens is 296 g/mol. The summed E-state index contributed by atoms with van der Waals surface area (Å²) < 4.78 is 5.43. The van der Waals surface area contributed by atoms with E-state index in [1.807, 2.05) is 31.2 Å². The van der Waals surface area contributed by atoms with Crippen LogP contribution in [-0.2, 0) is 9.59 Å². The van der Waals surface area contributed by atoms with Crippen molar-refractivity contribution >= 4 is 11.8 Å². The molecule has 2 atom stereocenters. The molecule has 126 valence electrons. The highest BCUT2D eigenvalue weighted by molar-refractivity contribution is 5.85. The van der Waals surface area contributed by atoms with E-state index in [1.54, 1.807) is 12.0 Å². The van der Waals surface area contributed by atoms with Gasteiger partial charge in [0.25, 0.3) is 0 Å². The molecule has 1 aliphatic heterocycles. The molecule has 0 aromatic heterocycles. The minimum atomic E-state index is -0.351. The molecule has 0 saturated carbocycles. The Balaban J connectivity index is 2.40. The number of piperidine rings is 1. The van der Waals surface area contributed by atoms with E-state index in [9.17, 15) is 9.59 Å². The van der Waals surface area contributed by atoms with Gasteiger partial charge in [0, 0.05) is 25.1 Å². The molecule has 2 amide bonds. The highest BCUT2D eigenvalue weighted by Gasteiger charge is 2.40. The van der Waals surface area contributed by atoms with E-state index < -0.39 is 0 Å². The Morgan fingerprint density at radius 3 is 2.83 bits per heavy atom. The highest BCUT2D eigenvalue weighted by atomic mass is 16.5. The van der Waals surface area contributed by atoms with Crippen molar-refractivity contribution in [2.75, 3.05) is 26.8 Å². The summed E-state index contributed by atoms with van der Waals surface area (Å²) in [6.45, 7) is 2.56. The van der Waals surface area contributed by atoms with Gasteiger partial charge in [-0.25, -0.2) is 0 Å². The van der Waals surface area contributed by atoms with Gasteiger partial charge in [-0.1, -0.05) is 18.2 Å². The number of carbonyl (C=O) groups excluding carboxylic acids is 2. The maximum absolute atomic E-state index is 12.5. The lowest BCUT2D eigenvalue weighted by molar-refractivity contribution is -0.143. The monoisotopic (exact) mass is 320 g/mol.